The number of rotatable bonds is 4. The van der Waals surface area contributed by atoms with Crippen molar-refractivity contribution in [3.05, 3.63) is 0 Å². The van der Waals surface area contributed by atoms with Crippen molar-refractivity contribution in [3.8, 4) is 0 Å². The summed E-state index contributed by atoms with van der Waals surface area (Å²) in [5.41, 5.74) is -0.676. The van der Waals surface area contributed by atoms with Crippen molar-refractivity contribution in [2.24, 2.45) is 5.92 Å². The molecule has 1 N–H and O–H groups in total. The second-order valence-corrected chi connectivity index (χ2v) is 8.49. The van der Waals surface area contributed by atoms with Gasteiger partial charge in [0.1, 0.15) is 0 Å². The van der Waals surface area contributed by atoms with Crippen LogP contribution in [0.3, 0.4) is 0 Å². The van der Waals surface area contributed by atoms with Crippen molar-refractivity contribution >= 4 is 10.0 Å². The van der Waals surface area contributed by atoms with Gasteiger partial charge in [0, 0.05) is 26.6 Å². The van der Waals surface area contributed by atoms with E-state index in [1.165, 1.54) is 6.26 Å². The van der Waals surface area contributed by atoms with Crippen LogP contribution < -0.4 is 0 Å². The number of aliphatic hydroxyl groups is 1. The van der Waals surface area contributed by atoms with E-state index in [0.717, 1.165) is 32.1 Å². The summed E-state index contributed by atoms with van der Waals surface area (Å²) in [4.78, 5) is 0. The molecule has 6 heteroatoms. The highest BCUT2D eigenvalue weighted by molar-refractivity contribution is 7.88. The first-order valence-electron chi connectivity index (χ1n) is 7.53. The van der Waals surface area contributed by atoms with Crippen molar-refractivity contribution in [2.45, 2.75) is 56.7 Å². The van der Waals surface area contributed by atoms with Gasteiger partial charge in [-0.3, -0.25) is 0 Å². The largest absolute Gasteiger partial charge is 0.390 e. The summed E-state index contributed by atoms with van der Waals surface area (Å²) in [6.45, 7) is 1.17. The number of nitrogens with zero attached hydrogens (tertiary/aromatic N) is 1. The molecule has 0 aromatic rings. The Hall–Kier alpha value is -0.170. The van der Waals surface area contributed by atoms with E-state index in [-0.39, 0.29) is 12.0 Å². The fraction of sp³-hybridized carbons (Fsp3) is 1.00. The molecule has 1 saturated heterocycles. The number of methoxy groups -OCH3 is 1. The molecule has 0 aromatic heterocycles. The van der Waals surface area contributed by atoms with Crippen molar-refractivity contribution < 1.29 is 18.3 Å². The lowest BCUT2D eigenvalue weighted by atomic mass is 9.76. The van der Waals surface area contributed by atoms with Gasteiger partial charge in [-0.1, -0.05) is 0 Å². The van der Waals surface area contributed by atoms with E-state index in [2.05, 4.69) is 0 Å². The molecule has 2 rings (SSSR count). The second kappa shape index (κ2) is 6.30. The van der Waals surface area contributed by atoms with E-state index >= 15 is 0 Å². The molecule has 118 valence electrons. The zero-order valence-corrected chi connectivity index (χ0v) is 13.4. The summed E-state index contributed by atoms with van der Waals surface area (Å²) < 4.78 is 30.2. The zero-order chi connectivity index (χ0) is 14.8. The molecule has 20 heavy (non-hydrogen) atoms. The van der Waals surface area contributed by atoms with Gasteiger partial charge in [0.2, 0.25) is 10.0 Å². The lowest BCUT2D eigenvalue weighted by Gasteiger charge is -2.40. The predicted molar refractivity (Wildman–Crippen MR) is 78.0 cm³/mol. The van der Waals surface area contributed by atoms with Gasteiger partial charge < -0.3 is 9.84 Å². The second-order valence-electron chi connectivity index (χ2n) is 6.51. The van der Waals surface area contributed by atoms with Gasteiger partial charge in [0.05, 0.1) is 18.0 Å². The van der Waals surface area contributed by atoms with E-state index in [0.29, 0.717) is 25.9 Å². The molecule has 3 atom stereocenters. The molecule has 1 aliphatic carbocycles. The van der Waals surface area contributed by atoms with Crippen LogP contribution in [0.2, 0.25) is 0 Å². The van der Waals surface area contributed by atoms with E-state index < -0.39 is 15.6 Å². The van der Waals surface area contributed by atoms with Gasteiger partial charge in [0.25, 0.3) is 0 Å². The summed E-state index contributed by atoms with van der Waals surface area (Å²) in [5.74, 6) is 0.263. The standard InChI is InChI=1S/C14H27NO4S/c1-19-13-6-3-7-14(16,10-13)9-12-5-4-8-15(11-12)20(2,17)18/h12-13,16H,3-11H2,1-2H3. The number of hydrogen-bond acceptors (Lipinski definition) is 4. The van der Waals surface area contributed by atoms with Crippen molar-refractivity contribution in [1.82, 2.24) is 4.31 Å². The number of ether oxygens (including phenoxy) is 1. The predicted octanol–water partition coefficient (Wildman–Crippen LogP) is 1.37. The third-order valence-corrected chi connectivity index (χ3v) is 6.00. The minimum atomic E-state index is -3.11. The first kappa shape index (κ1) is 16.2. The molecular formula is C14H27NO4S. The van der Waals surface area contributed by atoms with Gasteiger partial charge >= 0.3 is 0 Å². The van der Waals surface area contributed by atoms with Crippen LogP contribution in [-0.2, 0) is 14.8 Å². The Morgan fingerprint density at radius 3 is 2.75 bits per heavy atom. The maximum Gasteiger partial charge on any atom is 0.211 e. The quantitative estimate of drug-likeness (QED) is 0.852. The third kappa shape index (κ3) is 4.16. The fourth-order valence-electron chi connectivity index (χ4n) is 3.71. The molecule has 3 unspecified atom stereocenters. The molecule has 0 aromatic carbocycles. The van der Waals surface area contributed by atoms with Crippen LogP contribution in [0.5, 0.6) is 0 Å². The van der Waals surface area contributed by atoms with Crippen LogP contribution in [0.4, 0.5) is 0 Å². The highest BCUT2D eigenvalue weighted by Crippen LogP contribution is 2.37. The monoisotopic (exact) mass is 305 g/mol. The smallest absolute Gasteiger partial charge is 0.211 e. The average Bonchev–Trinajstić information content (AvgIpc) is 2.37. The molecule has 1 saturated carbocycles. The summed E-state index contributed by atoms with van der Waals surface area (Å²) in [5, 5.41) is 10.8. The maximum atomic E-state index is 11.6. The molecule has 0 bridgehead atoms. The Bertz CT molecular complexity index is 425. The van der Waals surface area contributed by atoms with Crippen LogP contribution in [0, 0.1) is 5.92 Å². The number of hydrogen-bond donors (Lipinski definition) is 1. The first-order chi connectivity index (χ1) is 9.32. The van der Waals surface area contributed by atoms with Gasteiger partial charge in [0.15, 0.2) is 0 Å². The van der Waals surface area contributed by atoms with Gasteiger partial charge in [-0.25, -0.2) is 12.7 Å². The molecular weight excluding hydrogens is 278 g/mol. The summed E-state index contributed by atoms with van der Waals surface area (Å²) in [6.07, 6.45) is 7.48. The van der Waals surface area contributed by atoms with Gasteiger partial charge in [-0.15, -0.1) is 0 Å². The topological polar surface area (TPSA) is 66.8 Å². The Morgan fingerprint density at radius 2 is 2.10 bits per heavy atom. The fourth-order valence-corrected chi connectivity index (χ4v) is 4.65. The minimum Gasteiger partial charge on any atom is -0.390 e. The summed E-state index contributed by atoms with van der Waals surface area (Å²) in [7, 11) is -1.41. The molecule has 5 nitrogen and oxygen atoms in total. The van der Waals surface area contributed by atoms with E-state index in [9.17, 15) is 13.5 Å². The van der Waals surface area contributed by atoms with E-state index in [1.54, 1.807) is 11.4 Å². The molecule has 0 spiro atoms. The summed E-state index contributed by atoms with van der Waals surface area (Å²) >= 11 is 0. The Balaban J connectivity index is 1.95. The van der Waals surface area contributed by atoms with Crippen LogP contribution in [0.1, 0.15) is 44.9 Å². The minimum absolute atomic E-state index is 0.142. The lowest BCUT2D eigenvalue weighted by molar-refractivity contribution is -0.0743. The normalized spacial score (nSPS) is 37.0. The van der Waals surface area contributed by atoms with Crippen molar-refractivity contribution in [2.75, 3.05) is 26.5 Å². The molecule has 2 aliphatic rings. The van der Waals surface area contributed by atoms with Crippen LogP contribution >= 0.6 is 0 Å². The van der Waals surface area contributed by atoms with Gasteiger partial charge in [-0.05, 0) is 44.4 Å². The summed E-state index contributed by atoms with van der Waals surface area (Å²) in [6, 6.07) is 0. The highest BCUT2D eigenvalue weighted by Gasteiger charge is 2.38. The van der Waals surface area contributed by atoms with Crippen LogP contribution in [0.25, 0.3) is 0 Å². The Labute approximate surface area is 122 Å². The molecule has 0 amide bonds. The molecule has 1 aliphatic heterocycles. The number of sulfonamides is 1. The Kier molecular flexibility index (Phi) is 5.10. The van der Waals surface area contributed by atoms with Crippen molar-refractivity contribution in [3.63, 3.8) is 0 Å². The molecule has 0 radical (unpaired) electrons. The zero-order valence-electron chi connectivity index (χ0n) is 12.5. The highest BCUT2D eigenvalue weighted by atomic mass is 32.2. The average molecular weight is 305 g/mol. The maximum absolute atomic E-state index is 11.6. The van der Waals surface area contributed by atoms with E-state index in [4.69, 9.17) is 4.74 Å². The first-order valence-corrected chi connectivity index (χ1v) is 9.37. The molecule has 1 heterocycles. The van der Waals surface area contributed by atoms with E-state index in [1.807, 2.05) is 0 Å². The van der Waals surface area contributed by atoms with Crippen LogP contribution in [-0.4, -0.2) is 56.0 Å². The lowest BCUT2D eigenvalue weighted by Crippen LogP contribution is -2.45. The van der Waals surface area contributed by atoms with Crippen LogP contribution in [0.15, 0.2) is 0 Å². The SMILES string of the molecule is COC1CCCC(O)(CC2CCCN(S(C)(=O)=O)C2)C1. The molecule has 2 fully saturated rings. The third-order valence-electron chi connectivity index (χ3n) is 4.73. The Morgan fingerprint density at radius 1 is 1.35 bits per heavy atom. The number of piperidine rings is 1. The van der Waals surface area contributed by atoms with Gasteiger partial charge in [-0.2, -0.15) is 0 Å². The van der Waals surface area contributed by atoms with Crippen molar-refractivity contribution in [1.29, 1.82) is 0 Å².